The van der Waals surface area contributed by atoms with Gasteiger partial charge >= 0.3 is 0 Å². The second-order valence-corrected chi connectivity index (χ2v) is 7.77. The monoisotopic (exact) mass is 305 g/mol. The molecule has 1 aromatic rings. The number of benzene rings is 1. The van der Waals surface area contributed by atoms with Gasteiger partial charge in [-0.15, -0.1) is 0 Å². The zero-order valence-corrected chi connectivity index (χ0v) is 14.2. The second-order valence-electron chi connectivity index (χ2n) is 7.77. The van der Waals surface area contributed by atoms with Crippen LogP contribution in [0.3, 0.4) is 0 Å². The molecule has 1 aliphatic heterocycles. The molecule has 0 spiro atoms. The minimum atomic E-state index is -0.956. The molecule has 1 fully saturated rings. The maximum absolute atomic E-state index is 12.0. The van der Waals surface area contributed by atoms with E-state index in [4.69, 9.17) is 4.74 Å². The molecule has 1 aliphatic rings. The Kier molecular flexibility index (Phi) is 4.52. The number of para-hydroxylation sites is 1. The predicted octanol–water partition coefficient (Wildman–Crippen LogP) is 2.73. The SMILES string of the molecule is CC(C)(O)CC(=O)N1CC(Oc2ccccc2C(C)(C)C)C1. The highest BCUT2D eigenvalue weighted by Gasteiger charge is 2.35. The molecule has 4 heteroatoms. The molecule has 4 nitrogen and oxygen atoms in total. The van der Waals surface area contributed by atoms with Gasteiger partial charge < -0.3 is 14.7 Å². The Hall–Kier alpha value is -1.55. The molecule has 2 rings (SSSR count). The van der Waals surface area contributed by atoms with Crippen molar-refractivity contribution >= 4 is 5.91 Å². The van der Waals surface area contributed by atoms with Crippen molar-refractivity contribution < 1.29 is 14.6 Å². The van der Waals surface area contributed by atoms with E-state index in [0.29, 0.717) is 13.1 Å². The van der Waals surface area contributed by atoms with E-state index in [1.54, 1.807) is 18.7 Å². The van der Waals surface area contributed by atoms with Crippen molar-refractivity contribution in [1.82, 2.24) is 4.90 Å². The Morgan fingerprint density at radius 2 is 1.82 bits per heavy atom. The number of nitrogens with zero attached hydrogens (tertiary/aromatic N) is 1. The number of rotatable bonds is 4. The van der Waals surface area contributed by atoms with Crippen LogP contribution in [0.15, 0.2) is 24.3 Å². The second kappa shape index (κ2) is 5.92. The number of hydrogen-bond donors (Lipinski definition) is 1. The Labute approximate surface area is 133 Å². The summed E-state index contributed by atoms with van der Waals surface area (Å²) in [4.78, 5) is 13.7. The summed E-state index contributed by atoms with van der Waals surface area (Å²) in [7, 11) is 0. The quantitative estimate of drug-likeness (QED) is 0.930. The van der Waals surface area contributed by atoms with E-state index in [2.05, 4.69) is 26.8 Å². The molecule has 122 valence electrons. The minimum Gasteiger partial charge on any atom is -0.486 e. The summed E-state index contributed by atoms with van der Waals surface area (Å²) in [6, 6.07) is 8.07. The molecule has 0 bridgehead atoms. The lowest BCUT2D eigenvalue weighted by atomic mass is 9.86. The fourth-order valence-corrected chi connectivity index (χ4v) is 2.57. The third kappa shape index (κ3) is 4.23. The van der Waals surface area contributed by atoms with Gasteiger partial charge in [-0.05, 0) is 30.9 Å². The van der Waals surface area contributed by atoms with Gasteiger partial charge in [-0.1, -0.05) is 39.0 Å². The molecule has 0 aliphatic carbocycles. The predicted molar refractivity (Wildman–Crippen MR) is 87.1 cm³/mol. The van der Waals surface area contributed by atoms with Gasteiger partial charge in [0.2, 0.25) is 5.91 Å². The van der Waals surface area contributed by atoms with Crippen LogP contribution in [0.2, 0.25) is 0 Å². The first-order valence-electron chi connectivity index (χ1n) is 7.82. The Morgan fingerprint density at radius 3 is 2.36 bits per heavy atom. The summed E-state index contributed by atoms with van der Waals surface area (Å²) in [5, 5.41) is 9.70. The van der Waals surface area contributed by atoms with Crippen LogP contribution in [-0.4, -0.2) is 40.7 Å². The normalized spacial score (nSPS) is 16.4. The molecular formula is C18H27NO3. The topological polar surface area (TPSA) is 49.8 Å². The highest BCUT2D eigenvalue weighted by Crippen LogP contribution is 2.32. The molecule has 0 saturated carbocycles. The van der Waals surface area contributed by atoms with E-state index in [0.717, 1.165) is 5.75 Å². The number of amides is 1. The van der Waals surface area contributed by atoms with Gasteiger partial charge in [-0.25, -0.2) is 0 Å². The molecule has 1 saturated heterocycles. The van der Waals surface area contributed by atoms with Gasteiger partial charge in [0, 0.05) is 0 Å². The summed E-state index contributed by atoms with van der Waals surface area (Å²) in [6.45, 7) is 11.0. The van der Waals surface area contributed by atoms with Crippen LogP contribution < -0.4 is 4.74 Å². The molecule has 22 heavy (non-hydrogen) atoms. The van der Waals surface area contributed by atoms with E-state index >= 15 is 0 Å². The van der Waals surface area contributed by atoms with Gasteiger partial charge in [-0.2, -0.15) is 0 Å². The van der Waals surface area contributed by atoms with E-state index < -0.39 is 5.60 Å². The summed E-state index contributed by atoms with van der Waals surface area (Å²) >= 11 is 0. The van der Waals surface area contributed by atoms with Crippen molar-refractivity contribution in [3.8, 4) is 5.75 Å². The lowest BCUT2D eigenvalue weighted by Gasteiger charge is -2.40. The first-order valence-corrected chi connectivity index (χ1v) is 7.82. The van der Waals surface area contributed by atoms with E-state index in [-0.39, 0.29) is 23.8 Å². The van der Waals surface area contributed by atoms with Crippen LogP contribution in [0.5, 0.6) is 5.75 Å². The number of ether oxygens (including phenoxy) is 1. The average Bonchev–Trinajstić information content (AvgIpc) is 2.30. The van der Waals surface area contributed by atoms with Gasteiger partial charge in [-0.3, -0.25) is 4.79 Å². The minimum absolute atomic E-state index is 0.0172. The number of carbonyl (C=O) groups is 1. The van der Waals surface area contributed by atoms with Crippen LogP contribution >= 0.6 is 0 Å². The van der Waals surface area contributed by atoms with E-state index in [9.17, 15) is 9.90 Å². The smallest absolute Gasteiger partial charge is 0.225 e. The molecule has 1 heterocycles. The maximum Gasteiger partial charge on any atom is 0.225 e. The van der Waals surface area contributed by atoms with Crippen molar-refractivity contribution in [2.75, 3.05) is 13.1 Å². The molecule has 0 unspecified atom stereocenters. The molecule has 0 radical (unpaired) electrons. The number of carbonyl (C=O) groups excluding carboxylic acids is 1. The van der Waals surface area contributed by atoms with Crippen molar-refractivity contribution in [3.05, 3.63) is 29.8 Å². The summed E-state index contributed by atoms with van der Waals surface area (Å²) < 4.78 is 6.06. The summed E-state index contributed by atoms with van der Waals surface area (Å²) in [6.07, 6.45) is 0.187. The lowest BCUT2D eigenvalue weighted by molar-refractivity contribution is -0.144. The van der Waals surface area contributed by atoms with Gasteiger partial charge in [0.25, 0.3) is 0 Å². The molecule has 1 N–H and O–H groups in total. The highest BCUT2D eigenvalue weighted by molar-refractivity contribution is 5.78. The maximum atomic E-state index is 12.0. The van der Waals surface area contributed by atoms with Gasteiger partial charge in [0.05, 0.1) is 25.1 Å². The van der Waals surface area contributed by atoms with Crippen LogP contribution in [0.1, 0.15) is 46.6 Å². The van der Waals surface area contributed by atoms with Crippen molar-refractivity contribution in [1.29, 1.82) is 0 Å². The highest BCUT2D eigenvalue weighted by atomic mass is 16.5. The molecular weight excluding hydrogens is 278 g/mol. The van der Waals surface area contributed by atoms with Crippen molar-refractivity contribution in [2.24, 2.45) is 0 Å². The van der Waals surface area contributed by atoms with Gasteiger partial charge in [0.1, 0.15) is 11.9 Å². The summed E-state index contributed by atoms with van der Waals surface area (Å²) in [5.41, 5.74) is 0.245. The average molecular weight is 305 g/mol. The molecule has 1 amide bonds. The fraction of sp³-hybridized carbons (Fsp3) is 0.611. The fourth-order valence-electron chi connectivity index (χ4n) is 2.57. The van der Waals surface area contributed by atoms with Crippen LogP contribution in [-0.2, 0) is 10.2 Å². The number of aliphatic hydroxyl groups is 1. The Morgan fingerprint density at radius 1 is 1.23 bits per heavy atom. The van der Waals surface area contributed by atoms with Crippen molar-refractivity contribution in [3.63, 3.8) is 0 Å². The zero-order valence-electron chi connectivity index (χ0n) is 14.2. The Bertz CT molecular complexity index is 534. The number of hydrogen-bond acceptors (Lipinski definition) is 3. The molecule has 0 atom stereocenters. The first-order chi connectivity index (χ1) is 10.1. The molecule has 1 aromatic carbocycles. The third-order valence-electron chi connectivity index (χ3n) is 3.77. The third-order valence-corrected chi connectivity index (χ3v) is 3.77. The number of likely N-dealkylation sites (tertiary alicyclic amines) is 1. The van der Waals surface area contributed by atoms with Crippen molar-refractivity contribution in [2.45, 2.75) is 58.2 Å². The lowest BCUT2D eigenvalue weighted by Crippen LogP contribution is -2.57. The van der Waals surface area contributed by atoms with Crippen LogP contribution in [0.4, 0.5) is 0 Å². The summed E-state index contributed by atoms with van der Waals surface area (Å²) in [5.74, 6) is 0.881. The van der Waals surface area contributed by atoms with E-state index in [1.165, 1.54) is 5.56 Å². The van der Waals surface area contributed by atoms with Crippen LogP contribution in [0.25, 0.3) is 0 Å². The first kappa shape index (κ1) is 16.8. The Balaban J connectivity index is 1.93. The zero-order chi connectivity index (χ0) is 16.5. The largest absolute Gasteiger partial charge is 0.486 e. The van der Waals surface area contributed by atoms with Gasteiger partial charge in [0.15, 0.2) is 0 Å². The standard InChI is InChI=1S/C18H27NO3/c1-17(2,3)14-8-6-7-9-15(14)22-13-11-19(12-13)16(20)10-18(4,5)21/h6-9,13,21H,10-12H2,1-5H3. The molecule has 0 aromatic heterocycles. The van der Waals surface area contributed by atoms with Crippen LogP contribution in [0, 0.1) is 0 Å². The van der Waals surface area contributed by atoms with E-state index in [1.807, 2.05) is 18.2 Å².